The van der Waals surface area contributed by atoms with Crippen LogP contribution in [0, 0.1) is 5.41 Å². The third-order valence-electron chi connectivity index (χ3n) is 4.41. The molecule has 0 aliphatic heterocycles. The molecule has 1 fully saturated rings. The molecule has 0 aromatic heterocycles. The Balaban J connectivity index is 2.55. The van der Waals surface area contributed by atoms with Crippen molar-refractivity contribution < 1.29 is 8.42 Å². The van der Waals surface area contributed by atoms with Crippen LogP contribution >= 0.6 is 10.7 Å². The molecular formula is C15H29ClO2S. The van der Waals surface area contributed by atoms with Crippen LogP contribution in [0.1, 0.15) is 84.5 Å². The first kappa shape index (κ1) is 17.3. The van der Waals surface area contributed by atoms with E-state index in [1.165, 1.54) is 32.1 Å². The van der Waals surface area contributed by atoms with Crippen molar-refractivity contribution in [3.8, 4) is 0 Å². The quantitative estimate of drug-likeness (QED) is 0.620. The number of rotatable bonds is 1. The maximum atomic E-state index is 11.6. The second-order valence-corrected chi connectivity index (χ2v) is 9.72. The predicted molar refractivity (Wildman–Crippen MR) is 83.1 cm³/mol. The van der Waals surface area contributed by atoms with Crippen LogP contribution in [-0.2, 0) is 9.05 Å². The summed E-state index contributed by atoms with van der Waals surface area (Å²) in [6, 6.07) is 0. The largest absolute Gasteiger partial charge is 0.235 e. The van der Waals surface area contributed by atoms with Gasteiger partial charge in [0.05, 0.1) is 5.25 Å². The highest BCUT2D eigenvalue weighted by Crippen LogP contribution is 2.32. The van der Waals surface area contributed by atoms with Gasteiger partial charge in [-0.15, -0.1) is 0 Å². The molecule has 114 valence electrons. The Labute approximate surface area is 123 Å². The first-order valence-corrected chi connectivity index (χ1v) is 10.1. The fraction of sp³-hybridized carbons (Fsp3) is 1.00. The minimum atomic E-state index is -3.38. The van der Waals surface area contributed by atoms with Gasteiger partial charge in [0.2, 0.25) is 9.05 Å². The summed E-state index contributed by atoms with van der Waals surface area (Å²) in [6.07, 6.45) is 12.0. The van der Waals surface area contributed by atoms with Crippen LogP contribution in [0.5, 0.6) is 0 Å². The van der Waals surface area contributed by atoms with Crippen molar-refractivity contribution in [2.45, 2.75) is 89.7 Å². The van der Waals surface area contributed by atoms with Crippen LogP contribution in [0.3, 0.4) is 0 Å². The van der Waals surface area contributed by atoms with E-state index in [1.54, 1.807) is 0 Å². The highest BCUT2D eigenvalue weighted by atomic mass is 35.7. The van der Waals surface area contributed by atoms with E-state index in [9.17, 15) is 8.42 Å². The normalized spacial score (nSPS) is 27.8. The van der Waals surface area contributed by atoms with Gasteiger partial charge in [-0.05, 0) is 31.1 Å². The van der Waals surface area contributed by atoms with Crippen LogP contribution in [0.25, 0.3) is 0 Å². The molecule has 0 radical (unpaired) electrons. The zero-order chi connectivity index (χ0) is 14.4. The first-order chi connectivity index (χ1) is 8.81. The van der Waals surface area contributed by atoms with Gasteiger partial charge in [-0.1, -0.05) is 58.8 Å². The van der Waals surface area contributed by atoms with Crippen LogP contribution in [-0.4, -0.2) is 13.7 Å². The molecule has 1 unspecified atom stereocenters. The molecule has 0 aromatic rings. The Morgan fingerprint density at radius 3 is 1.84 bits per heavy atom. The summed E-state index contributed by atoms with van der Waals surface area (Å²) in [5.41, 5.74) is 0.406. The maximum absolute atomic E-state index is 11.6. The van der Waals surface area contributed by atoms with E-state index in [4.69, 9.17) is 10.7 Å². The third kappa shape index (κ3) is 7.55. The monoisotopic (exact) mass is 308 g/mol. The molecule has 0 saturated heterocycles. The standard InChI is InChI=1S/C15H29ClO2S/c1-15(2)12-8-5-3-4-6-10-14(19(16,17)18)11-7-9-13-15/h14H,3-13H2,1-2H3. The molecule has 1 rings (SSSR count). The Bertz CT molecular complexity index is 349. The molecule has 1 saturated carbocycles. The Kier molecular flexibility index (Phi) is 7.17. The van der Waals surface area contributed by atoms with E-state index >= 15 is 0 Å². The summed E-state index contributed by atoms with van der Waals surface area (Å²) in [5.74, 6) is 0. The van der Waals surface area contributed by atoms with Gasteiger partial charge >= 0.3 is 0 Å². The SMILES string of the molecule is CC1(C)CCCCCCCC(S(=O)(=O)Cl)CCCC1. The van der Waals surface area contributed by atoms with Crippen molar-refractivity contribution in [3.63, 3.8) is 0 Å². The lowest BCUT2D eigenvalue weighted by atomic mass is 9.82. The van der Waals surface area contributed by atoms with E-state index in [1.807, 2.05) is 0 Å². The summed E-state index contributed by atoms with van der Waals surface area (Å²) >= 11 is 0. The predicted octanol–water partition coefficient (Wildman–Crippen LogP) is 5.25. The topological polar surface area (TPSA) is 34.1 Å². The van der Waals surface area contributed by atoms with Crippen molar-refractivity contribution in [1.82, 2.24) is 0 Å². The average molecular weight is 309 g/mol. The zero-order valence-corrected chi connectivity index (χ0v) is 14.0. The number of hydrogen-bond acceptors (Lipinski definition) is 2. The van der Waals surface area contributed by atoms with Gasteiger partial charge in [0.1, 0.15) is 0 Å². The molecule has 1 aliphatic rings. The molecular weight excluding hydrogens is 280 g/mol. The van der Waals surface area contributed by atoms with Crippen LogP contribution in [0.2, 0.25) is 0 Å². The molecule has 2 nitrogen and oxygen atoms in total. The van der Waals surface area contributed by atoms with E-state index in [0.717, 1.165) is 38.5 Å². The van der Waals surface area contributed by atoms with Gasteiger partial charge < -0.3 is 0 Å². The molecule has 0 amide bonds. The fourth-order valence-corrected chi connectivity index (χ4v) is 4.46. The number of hydrogen-bond donors (Lipinski definition) is 0. The summed E-state index contributed by atoms with van der Waals surface area (Å²) in [5, 5.41) is -0.321. The third-order valence-corrected chi connectivity index (χ3v) is 6.43. The summed E-state index contributed by atoms with van der Waals surface area (Å²) in [6.45, 7) is 4.67. The second kappa shape index (κ2) is 7.87. The molecule has 0 bridgehead atoms. The molecule has 19 heavy (non-hydrogen) atoms. The van der Waals surface area contributed by atoms with Gasteiger partial charge in [0, 0.05) is 10.7 Å². The van der Waals surface area contributed by atoms with Crippen molar-refractivity contribution in [2.75, 3.05) is 0 Å². The number of halogens is 1. The van der Waals surface area contributed by atoms with E-state index in [-0.39, 0.29) is 5.25 Å². The second-order valence-electron chi connectivity index (χ2n) is 6.81. The van der Waals surface area contributed by atoms with Gasteiger partial charge in [0.25, 0.3) is 0 Å². The van der Waals surface area contributed by atoms with Crippen molar-refractivity contribution in [3.05, 3.63) is 0 Å². The van der Waals surface area contributed by atoms with Crippen molar-refractivity contribution in [2.24, 2.45) is 5.41 Å². The highest BCUT2D eigenvalue weighted by molar-refractivity contribution is 8.14. The van der Waals surface area contributed by atoms with Crippen LogP contribution in [0.4, 0.5) is 0 Å². The minimum absolute atomic E-state index is 0.321. The Hall–Kier alpha value is 0.240. The smallest absolute Gasteiger partial charge is 0.212 e. The van der Waals surface area contributed by atoms with Crippen LogP contribution < -0.4 is 0 Å². The Morgan fingerprint density at radius 1 is 0.842 bits per heavy atom. The molecule has 1 atom stereocenters. The van der Waals surface area contributed by atoms with E-state index in [2.05, 4.69) is 13.8 Å². The molecule has 1 aliphatic carbocycles. The van der Waals surface area contributed by atoms with Crippen molar-refractivity contribution in [1.29, 1.82) is 0 Å². The lowest BCUT2D eigenvalue weighted by Gasteiger charge is -2.24. The van der Waals surface area contributed by atoms with Gasteiger partial charge in [-0.25, -0.2) is 8.42 Å². The molecule has 0 aromatic carbocycles. The Morgan fingerprint density at radius 2 is 1.26 bits per heavy atom. The minimum Gasteiger partial charge on any atom is -0.212 e. The first-order valence-electron chi connectivity index (χ1n) is 7.75. The van der Waals surface area contributed by atoms with E-state index < -0.39 is 9.05 Å². The average Bonchev–Trinajstić information content (AvgIpc) is 2.29. The molecule has 0 spiro atoms. The molecule has 0 N–H and O–H groups in total. The van der Waals surface area contributed by atoms with Gasteiger partial charge in [-0.2, -0.15) is 0 Å². The fourth-order valence-electron chi connectivity index (χ4n) is 3.03. The van der Waals surface area contributed by atoms with Crippen LogP contribution in [0.15, 0.2) is 0 Å². The lowest BCUT2D eigenvalue weighted by molar-refractivity contribution is 0.283. The zero-order valence-electron chi connectivity index (χ0n) is 12.5. The van der Waals surface area contributed by atoms with E-state index in [0.29, 0.717) is 5.41 Å². The maximum Gasteiger partial charge on any atom is 0.235 e. The molecule has 4 heteroatoms. The summed E-state index contributed by atoms with van der Waals surface area (Å²) < 4.78 is 23.1. The molecule has 0 heterocycles. The van der Waals surface area contributed by atoms with Crippen molar-refractivity contribution >= 4 is 19.7 Å². The van der Waals surface area contributed by atoms with Gasteiger partial charge in [-0.3, -0.25) is 0 Å². The van der Waals surface area contributed by atoms with Gasteiger partial charge in [0.15, 0.2) is 0 Å². The summed E-state index contributed by atoms with van der Waals surface area (Å²) in [4.78, 5) is 0. The summed E-state index contributed by atoms with van der Waals surface area (Å²) in [7, 11) is 2.19. The highest BCUT2D eigenvalue weighted by Gasteiger charge is 2.23. The lowest BCUT2D eigenvalue weighted by Crippen LogP contribution is -2.16.